The molecule has 0 amide bonds. The first kappa shape index (κ1) is 27.4. The lowest BCUT2D eigenvalue weighted by molar-refractivity contribution is -0.143. The maximum Gasteiger partial charge on any atom is 0.305 e. The minimum Gasteiger partial charge on any atom is -0.466 e. The molecule has 4 heteroatoms. The van der Waals surface area contributed by atoms with E-state index in [4.69, 9.17) is 14.2 Å². The molecule has 0 aliphatic carbocycles. The van der Waals surface area contributed by atoms with Crippen LogP contribution < -0.4 is 0 Å². The lowest BCUT2D eigenvalue weighted by atomic mass is 10.1. The fraction of sp³-hybridized carbons (Fsp3) is 0.720. The van der Waals surface area contributed by atoms with Crippen LogP contribution in [0.15, 0.2) is 24.3 Å². The second kappa shape index (κ2) is 22.7. The van der Waals surface area contributed by atoms with Gasteiger partial charge in [0.15, 0.2) is 0 Å². The van der Waals surface area contributed by atoms with Crippen molar-refractivity contribution in [1.82, 2.24) is 0 Å². The van der Waals surface area contributed by atoms with Gasteiger partial charge in [-0.15, -0.1) is 0 Å². The van der Waals surface area contributed by atoms with Crippen LogP contribution in [-0.4, -0.2) is 32.1 Å². The Kier molecular flexibility index (Phi) is 21.5. The number of hydrogen-bond acceptors (Lipinski definition) is 4. The molecule has 0 atom stereocenters. The average Bonchev–Trinajstić information content (AvgIpc) is 2.72. The van der Waals surface area contributed by atoms with Gasteiger partial charge in [-0.25, -0.2) is 0 Å². The van der Waals surface area contributed by atoms with Gasteiger partial charge in [0.05, 0.1) is 19.8 Å². The maximum atomic E-state index is 11.5. The lowest BCUT2D eigenvalue weighted by Crippen LogP contribution is -2.15. The highest BCUT2D eigenvalue weighted by Crippen LogP contribution is 2.05. The number of carbonyl (C=O) groups excluding carboxylic acids is 1. The highest BCUT2D eigenvalue weighted by Gasteiger charge is 2.03. The molecule has 0 aromatic carbocycles. The van der Waals surface area contributed by atoms with Gasteiger partial charge in [0.25, 0.3) is 0 Å². The van der Waals surface area contributed by atoms with E-state index in [1.165, 1.54) is 0 Å². The van der Waals surface area contributed by atoms with Gasteiger partial charge >= 0.3 is 5.97 Å². The second-order valence-electron chi connectivity index (χ2n) is 6.97. The summed E-state index contributed by atoms with van der Waals surface area (Å²) in [6.45, 7) is 7.96. The Balaban J connectivity index is 4.08. The van der Waals surface area contributed by atoms with Gasteiger partial charge in [-0.3, -0.25) is 4.79 Å². The summed E-state index contributed by atoms with van der Waals surface area (Å²) in [5.41, 5.74) is 0. The minimum absolute atomic E-state index is 0.0846. The van der Waals surface area contributed by atoms with Crippen molar-refractivity contribution in [2.24, 2.45) is 0 Å². The van der Waals surface area contributed by atoms with E-state index in [2.05, 4.69) is 44.8 Å². The van der Waals surface area contributed by atoms with Gasteiger partial charge in [-0.05, 0) is 38.0 Å². The Morgan fingerprint density at radius 1 is 0.828 bits per heavy atom. The van der Waals surface area contributed by atoms with Crippen LogP contribution in [-0.2, 0) is 19.0 Å². The summed E-state index contributed by atoms with van der Waals surface area (Å²) in [5, 5.41) is 0. The molecular formula is C25H42O4. The van der Waals surface area contributed by atoms with Gasteiger partial charge in [-0.1, -0.05) is 76.7 Å². The van der Waals surface area contributed by atoms with Crippen LogP contribution >= 0.6 is 0 Å². The van der Waals surface area contributed by atoms with E-state index >= 15 is 0 Å². The van der Waals surface area contributed by atoms with Crippen LogP contribution in [0.1, 0.15) is 91.4 Å². The first-order valence-electron chi connectivity index (χ1n) is 11.4. The molecule has 0 aromatic rings. The van der Waals surface area contributed by atoms with Crippen molar-refractivity contribution in [3.05, 3.63) is 24.3 Å². The minimum atomic E-state index is -0.499. The molecule has 0 saturated heterocycles. The van der Waals surface area contributed by atoms with Crippen LogP contribution in [0.3, 0.4) is 0 Å². The third kappa shape index (κ3) is 21.0. The highest BCUT2D eigenvalue weighted by atomic mass is 16.7. The fourth-order valence-electron chi connectivity index (χ4n) is 2.34. The van der Waals surface area contributed by atoms with Gasteiger partial charge in [0.1, 0.15) is 0 Å². The van der Waals surface area contributed by atoms with Gasteiger partial charge in [0.2, 0.25) is 6.29 Å². The quantitative estimate of drug-likeness (QED) is 0.0874. The van der Waals surface area contributed by atoms with Crippen LogP contribution in [0, 0.1) is 11.8 Å². The molecule has 0 rings (SSSR count). The lowest BCUT2D eigenvalue weighted by Gasteiger charge is -2.10. The molecule has 0 N–H and O–H groups in total. The molecule has 0 saturated carbocycles. The zero-order valence-electron chi connectivity index (χ0n) is 18.9. The van der Waals surface area contributed by atoms with Crippen molar-refractivity contribution in [3.63, 3.8) is 0 Å². The van der Waals surface area contributed by atoms with Crippen molar-refractivity contribution in [2.75, 3.05) is 19.8 Å². The summed E-state index contributed by atoms with van der Waals surface area (Å²) in [6.07, 6.45) is 18.3. The number of allylic oxidation sites excluding steroid dienone is 2. The van der Waals surface area contributed by atoms with E-state index in [0.29, 0.717) is 26.2 Å². The number of esters is 1. The SMILES string of the molecule is CCC/C=C/COC(C#CCCCCCC(=O)OCCCC)OC/C=C/CCC. The predicted octanol–water partition coefficient (Wildman–Crippen LogP) is 6.36. The van der Waals surface area contributed by atoms with E-state index < -0.39 is 6.29 Å². The largest absolute Gasteiger partial charge is 0.466 e. The van der Waals surface area contributed by atoms with E-state index in [1.54, 1.807) is 0 Å². The average molecular weight is 407 g/mol. The van der Waals surface area contributed by atoms with Crippen molar-refractivity contribution in [2.45, 2.75) is 97.7 Å². The molecule has 0 unspecified atom stereocenters. The molecule has 0 bridgehead atoms. The topological polar surface area (TPSA) is 44.8 Å². The Morgan fingerprint density at radius 3 is 2.07 bits per heavy atom. The second-order valence-corrected chi connectivity index (χ2v) is 6.97. The van der Waals surface area contributed by atoms with E-state index in [1.807, 2.05) is 12.2 Å². The van der Waals surface area contributed by atoms with Crippen molar-refractivity contribution in [3.8, 4) is 11.8 Å². The maximum absolute atomic E-state index is 11.5. The number of carbonyl (C=O) groups is 1. The smallest absolute Gasteiger partial charge is 0.305 e. The molecule has 0 aliphatic rings. The molecule has 0 aliphatic heterocycles. The van der Waals surface area contributed by atoms with Gasteiger partial charge in [-0.2, -0.15) is 0 Å². The Hall–Kier alpha value is -1.57. The summed E-state index contributed by atoms with van der Waals surface area (Å²) in [4.78, 5) is 11.5. The molecule has 0 spiro atoms. The third-order valence-corrected chi connectivity index (χ3v) is 4.10. The first-order valence-corrected chi connectivity index (χ1v) is 11.4. The molecule has 0 aromatic heterocycles. The zero-order chi connectivity index (χ0) is 21.4. The van der Waals surface area contributed by atoms with E-state index in [9.17, 15) is 4.79 Å². The molecule has 166 valence electrons. The summed E-state index contributed by atoms with van der Waals surface area (Å²) in [5.74, 6) is 6.15. The zero-order valence-corrected chi connectivity index (χ0v) is 18.9. The van der Waals surface area contributed by atoms with E-state index in [-0.39, 0.29) is 5.97 Å². The van der Waals surface area contributed by atoms with Crippen LogP contribution in [0.4, 0.5) is 0 Å². The monoisotopic (exact) mass is 406 g/mol. The summed E-state index contributed by atoms with van der Waals surface area (Å²) in [6, 6.07) is 0. The molecule has 4 nitrogen and oxygen atoms in total. The number of hydrogen-bond donors (Lipinski definition) is 0. The highest BCUT2D eigenvalue weighted by molar-refractivity contribution is 5.69. The molecule has 29 heavy (non-hydrogen) atoms. The molecule has 0 fully saturated rings. The summed E-state index contributed by atoms with van der Waals surface area (Å²) in [7, 11) is 0. The normalized spacial score (nSPS) is 11.3. The van der Waals surface area contributed by atoms with Crippen LogP contribution in [0.2, 0.25) is 0 Å². The van der Waals surface area contributed by atoms with Crippen molar-refractivity contribution >= 4 is 5.97 Å². The fourth-order valence-corrected chi connectivity index (χ4v) is 2.34. The van der Waals surface area contributed by atoms with Crippen LogP contribution in [0.5, 0.6) is 0 Å². The Morgan fingerprint density at radius 2 is 1.48 bits per heavy atom. The molecule has 0 radical (unpaired) electrons. The third-order valence-electron chi connectivity index (χ3n) is 4.10. The number of ether oxygens (including phenoxy) is 3. The van der Waals surface area contributed by atoms with Crippen LogP contribution in [0.25, 0.3) is 0 Å². The van der Waals surface area contributed by atoms with Crippen molar-refractivity contribution < 1.29 is 19.0 Å². The first-order chi connectivity index (χ1) is 14.2. The van der Waals surface area contributed by atoms with Gasteiger partial charge < -0.3 is 14.2 Å². The number of unbranched alkanes of at least 4 members (excludes halogenated alkanes) is 6. The predicted molar refractivity (Wildman–Crippen MR) is 121 cm³/mol. The van der Waals surface area contributed by atoms with E-state index in [0.717, 1.165) is 64.2 Å². The molecular weight excluding hydrogens is 364 g/mol. The number of rotatable bonds is 18. The van der Waals surface area contributed by atoms with Crippen molar-refractivity contribution in [1.29, 1.82) is 0 Å². The van der Waals surface area contributed by atoms with Gasteiger partial charge in [0, 0.05) is 12.8 Å². The molecule has 0 heterocycles. The summed E-state index contributed by atoms with van der Waals surface area (Å²) < 4.78 is 16.6. The summed E-state index contributed by atoms with van der Waals surface area (Å²) >= 11 is 0. The Bertz CT molecular complexity index is 465. The standard InChI is InChI=1S/C25H42O4/c1-4-7-10-17-22-28-25(29-23-18-11-8-5-2)20-16-14-12-13-15-19-24(26)27-21-9-6-3/h10-11,17-18,25H,4-9,12-15,19,21-23H2,1-3H3/b17-10+,18-11+. The Labute approximate surface area is 179 Å².